The van der Waals surface area contributed by atoms with E-state index in [1.165, 1.54) is 28.8 Å². The number of sulfonamides is 1. The van der Waals surface area contributed by atoms with Crippen molar-refractivity contribution in [3.8, 4) is 0 Å². The summed E-state index contributed by atoms with van der Waals surface area (Å²) >= 11 is 0. The van der Waals surface area contributed by atoms with Gasteiger partial charge in [0.2, 0.25) is 15.9 Å². The van der Waals surface area contributed by atoms with Crippen molar-refractivity contribution < 1.29 is 17.6 Å². The second-order valence-corrected chi connectivity index (χ2v) is 7.66. The lowest BCUT2D eigenvalue weighted by atomic mass is 10.1. The molecule has 0 radical (unpaired) electrons. The zero-order valence-corrected chi connectivity index (χ0v) is 14.1. The molecule has 1 aliphatic heterocycles. The van der Waals surface area contributed by atoms with E-state index in [4.69, 9.17) is 0 Å². The third-order valence-corrected chi connectivity index (χ3v) is 5.18. The van der Waals surface area contributed by atoms with Crippen LogP contribution in [-0.2, 0) is 14.8 Å². The van der Waals surface area contributed by atoms with E-state index >= 15 is 0 Å². The number of hydrogen-bond acceptors (Lipinski definition) is 3. The van der Waals surface area contributed by atoms with Crippen molar-refractivity contribution >= 4 is 21.5 Å². The smallest absolute Gasteiger partial charge is 0.246 e. The van der Waals surface area contributed by atoms with Crippen LogP contribution in [0.15, 0.2) is 30.3 Å². The Morgan fingerprint density at radius 1 is 1.13 bits per heavy atom. The lowest BCUT2D eigenvalue weighted by Crippen LogP contribution is -2.36. The Morgan fingerprint density at radius 2 is 1.78 bits per heavy atom. The minimum absolute atomic E-state index is 0.151. The molecule has 0 atom stereocenters. The summed E-state index contributed by atoms with van der Waals surface area (Å²) in [5.74, 6) is -0.469. The lowest BCUT2D eigenvalue weighted by Gasteiger charge is -2.20. The molecular formula is C16H21FN2O3S. The number of carbonyl (C=O) groups is 1. The number of hydrogen-bond donors (Lipinski definition) is 0. The highest BCUT2D eigenvalue weighted by molar-refractivity contribution is 7.88. The van der Waals surface area contributed by atoms with Gasteiger partial charge in [-0.3, -0.25) is 4.79 Å². The first-order valence-electron chi connectivity index (χ1n) is 7.45. The third-order valence-electron chi connectivity index (χ3n) is 3.88. The Morgan fingerprint density at radius 3 is 2.39 bits per heavy atom. The van der Waals surface area contributed by atoms with E-state index in [2.05, 4.69) is 0 Å². The van der Waals surface area contributed by atoms with E-state index in [0.717, 1.165) is 11.1 Å². The molecule has 7 heteroatoms. The summed E-state index contributed by atoms with van der Waals surface area (Å²) < 4.78 is 37.5. The van der Waals surface area contributed by atoms with Crippen molar-refractivity contribution in [1.29, 1.82) is 0 Å². The van der Waals surface area contributed by atoms with Gasteiger partial charge in [0.15, 0.2) is 0 Å². The molecule has 2 rings (SSSR count). The Balaban J connectivity index is 2.05. The highest BCUT2D eigenvalue weighted by Gasteiger charge is 2.23. The third kappa shape index (κ3) is 4.87. The highest BCUT2D eigenvalue weighted by Crippen LogP contribution is 2.15. The van der Waals surface area contributed by atoms with Crippen molar-refractivity contribution in [2.24, 2.45) is 0 Å². The van der Waals surface area contributed by atoms with Crippen molar-refractivity contribution in [2.45, 2.75) is 13.3 Å². The number of allylic oxidation sites excluding steroid dienone is 1. The first-order valence-corrected chi connectivity index (χ1v) is 9.30. The molecule has 0 bridgehead atoms. The zero-order chi connectivity index (χ0) is 17.0. The molecular weight excluding hydrogens is 319 g/mol. The largest absolute Gasteiger partial charge is 0.338 e. The van der Waals surface area contributed by atoms with Crippen molar-refractivity contribution in [3.05, 3.63) is 41.7 Å². The maximum atomic E-state index is 12.9. The van der Waals surface area contributed by atoms with Crippen LogP contribution >= 0.6 is 0 Å². The van der Waals surface area contributed by atoms with Crippen molar-refractivity contribution in [1.82, 2.24) is 9.21 Å². The highest BCUT2D eigenvalue weighted by atomic mass is 32.2. The molecule has 1 aromatic carbocycles. The van der Waals surface area contributed by atoms with Crippen molar-refractivity contribution in [3.63, 3.8) is 0 Å². The number of rotatable bonds is 3. The molecule has 1 heterocycles. The van der Waals surface area contributed by atoms with Crippen LogP contribution in [0.5, 0.6) is 0 Å². The van der Waals surface area contributed by atoms with Crippen LogP contribution in [0.1, 0.15) is 18.9 Å². The molecule has 1 aliphatic rings. The van der Waals surface area contributed by atoms with Gasteiger partial charge in [-0.05, 0) is 36.6 Å². The number of carbonyl (C=O) groups excluding carboxylic acids is 1. The van der Waals surface area contributed by atoms with Crippen LogP contribution in [0, 0.1) is 5.82 Å². The molecule has 23 heavy (non-hydrogen) atoms. The predicted octanol–water partition coefficient (Wildman–Crippen LogP) is 1.72. The Labute approximate surface area is 136 Å². The van der Waals surface area contributed by atoms with Gasteiger partial charge in [-0.25, -0.2) is 17.1 Å². The maximum absolute atomic E-state index is 12.9. The summed E-state index contributed by atoms with van der Waals surface area (Å²) in [5.41, 5.74) is 1.53. The molecule has 1 saturated heterocycles. The molecule has 0 spiro atoms. The monoisotopic (exact) mass is 340 g/mol. The fraction of sp³-hybridized carbons (Fsp3) is 0.438. The Bertz CT molecular complexity index is 699. The summed E-state index contributed by atoms with van der Waals surface area (Å²) in [4.78, 5) is 14.0. The number of halogens is 1. The van der Waals surface area contributed by atoms with Gasteiger partial charge in [-0.1, -0.05) is 12.1 Å². The summed E-state index contributed by atoms with van der Waals surface area (Å²) in [6, 6.07) is 5.96. The van der Waals surface area contributed by atoms with Gasteiger partial charge in [-0.2, -0.15) is 0 Å². The quantitative estimate of drug-likeness (QED) is 0.788. The lowest BCUT2D eigenvalue weighted by molar-refractivity contribution is -0.125. The summed E-state index contributed by atoms with van der Waals surface area (Å²) in [5, 5.41) is 0. The second-order valence-electron chi connectivity index (χ2n) is 5.68. The van der Waals surface area contributed by atoms with Gasteiger partial charge >= 0.3 is 0 Å². The molecule has 126 valence electrons. The zero-order valence-electron chi connectivity index (χ0n) is 13.3. The van der Waals surface area contributed by atoms with Gasteiger partial charge in [-0.15, -0.1) is 0 Å². The van der Waals surface area contributed by atoms with Gasteiger partial charge < -0.3 is 4.90 Å². The molecule has 5 nitrogen and oxygen atoms in total. The van der Waals surface area contributed by atoms with Gasteiger partial charge in [0, 0.05) is 32.3 Å². The van der Waals surface area contributed by atoms with E-state index in [0.29, 0.717) is 32.6 Å². The van der Waals surface area contributed by atoms with E-state index < -0.39 is 10.0 Å². The van der Waals surface area contributed by atoms with Crippen LogP contribution in [0.25, 0.3) is 5.57 Å². The average molecular weight is 340 g/mol. The number of amides is 1. The fourth-order valence-electron chi connectivity index (χ4n) is 2.52. The summed E-state index contributed by atoms with van der Waals surface area (Å²) in [6.45, 7) is 3.44. The Kier molecular flexibility index (Phi) is 5.54. The van der Waals surface area contributed by atoms with E-state index in [1.807, 2.05) is 0 Å². The van der Waals surface area contributed by atoms with Gasteiger partial charge in [0.05, 0.1) is 6.26 Å². The topological polar surface area (TPSA) is 57.7 Å². The minimum atomic E-state index is -3.22. The fourth-order valence-corrected chi connectivity index (χ4v) is 3.39. The summed E-state index contributed by atoms with van der Waals surface area (Å²) in [7, 11) is -3.22. The van der Waals surface area contributed by atoms with E-state index in [9.17, 15) is 17.6 Å². The van der Waals surface area contributed by atoms with Crippen molar-refractivity contribution in [2.75, 3.05) is 32.4 Å². The molecule has 1 fully saturated rings. The van der Waals surface area contributed by atoms with Crippen LogP contribution in [0.4, 0.5) is 4.39 Å². The predicted molar refractivity (Wildman–Crippen MR) is 87.7 cm³/mol. The summed E-state index contributed by atoms with van der Waals surface area (Å²) in [6.07, 6.45) is 3.31. The SMILES string of the molecule is CC(=CC(=O)N1CCCN(S(C)(=O)=O)CC1)c1ccc(F)cc1. The van der Waals surface area contributed by atoms with Crippen LogP contribution < -0.4 is 0 Å². The Hall–Kier alpha value is -1.73. The second kappa shape index (κ2) is 7.23. The minimum Gasteiger partial charge on any atom is -0.338 e. The standard InChI is InChI=1S/C16H21FN2O3S/c1-13(14-4-6-15(17)7-5-14)12-16(20)18-8-3-9-19(11-10-18)23(2,21)22/h4-7,12H,3,8-11H2,1-2H3. The molecule has 0 aliphatic carbocycles. The molecule has 1 aromatic rings. The van der Waals surface area contributed by atoms with E-state index in [-0.39, 0.29) is 11.7 Å². The molecule has 0 aromatic heterocycles. The normalized spacial score (nSPS) is 17.9. The molecule has 0 N–H and O–H groups in total. The van der Waals surface area contributed by atoms with Crippen LogP contribution in [0.2, 0.25) is 0 Å². The molecule has 1 amide bonds. The molecule has 0 unspecified atom stereocenters. The maximum Gasteiger partial charge on any atom is 0.246 e. The van der Waals surface area contributed by atoms with Gasteiger partial charge in [0.1, 0.15) is 5.82 Å². The molecule has 0 saturated carbocycles. The number of benzene rings is 1. The van der Waals surface area contributed by atoms with Gasteiger partial charge in [0.25, 0.3) is 0 Å². The number of nitrogens with zero attached hydrogens (tertiary/aromatic N) is 2. The first kappa shape index (κ1) is 17.6. The van der Waals surface area contributed by atoms with E-state index in [1.54, 1.807) is 24.0 Å². The van der Waals surface area contributed by atoms with Crippen LogP contribution in [0.3, 0.4) is 0 Å². The first-order chi connectivity index (χ1) is 10.8. The average Bonchev–Trinajstić information content (AvgIpc) is 2.73. The van der Waals surface area contributed by atoms with Crippen LogP contribution in [-0.4, -0.2) is 56.0 Å².